The van der Waals surface area contributed by atoms with Crippen LogP contribution in [0.2, 0.25) is 0 Å². The fourth-order valence-corrected chi connectivity index (χ4v) is 8.47. The number of carbonyl (C=O) groups is 1. The Bertz CT molecular complexity index is 1340. The number of aliphatic hydroxyl groups is 2. The Hall–Kier alpha value is -2.10. The highest BCUT2D eigenvalue weighted by Crippen LogP contribution is 2.43. The van der Waals surface area contributed by atoms with Gasteiger partial charge in [-0.3, -0.25) is 13.8 Å². The first-order chi connectivity index (χ1) is 32.4. The Morgan fingerprint density at radius 2 is 0.925 bits per heavy atom. The van der Waals surface area contributed by atoms with Crippen LogP contribution in [0.3, 0.4) is 0 Å². The number of aliphatic hydroxyl groups excluding tert-OH is 2. The molecule has 390 valence electrons. The van der Waals surface area contributed by atoms with Gasteiger partial charge in [-0.05, 0) is 64.2 Å². The molecule has 1 amide bonds. The van der Waals surface area contributed by atoms with E-state index in [-0.39, 0.29) is 18.9 Å². The van der Waals surface area contributed by atoms with Crippen LogP contribution in [0.15, 0.2) is 72.9 Å². The van der Waals surface area contributed by atoms with Crippen LogP contribution in [0, 0.1) is 0 Å². The number of allylic oxidation sites excluding steroid dienone is 12. The van der Waals surface area contributed by atoms with Gasteiger partial charge in [-0.2, -0.15) is 0 Å². The molecule has 0 radical (unpaired) electrons. The molecule has 0 aromatic rings. The first-order valence-corrected chi connectivity index (χ1v) is 28.9. The number of phosphoric acid groups is 1. The van der Waals surface area contributed by atoms with Gasteiger partial charge in [0.1, 0.15) is 19.3 Å². The number of hydrogen-bond donors (Lipinski definition) is 4. The van der Waals surface area contributed by atoms with Crippen LogP contribution in [-0.4, -0.2) is 84.6 Å². The highest BCUT2D eigenvalue weighted by atomic mass is 31.2. The normalized spacial score (nSPS) is 15.0. The molecule has 67 heavy (non-hydrogen) atoms. The predicted octanol–water partition coefficient (Wildman–Crippen LogP) is 15.3. The maximum atomic E-state index is 13.0. The summed E-state index contributed by atoms with van der Waals surface area (Å²) in [6.07, 6.45) is 61.2. The molecule has 0 heterocycles. The highest BCUT2D eigenvalue weighted by Gasteiger charge is 2.31. The molecule has 4 atom stereocenters. The lowest BCUT2D eigenvalue weighted by molar-refractivity contribution is -0.870. The fourth-order valence-electron chi connectivity index (χ4n) is 7.73. The molecule has 4 N–H and O–H groups in total. The lowest BCUT2D eigenvalue weighted by atomic mass is 9.99. The Morgan fingerprint density at radius 3 is 1.36 bits per heavy atom. The number of rotatable bonds is 49. The molecule has 0 aromatic carbocycles. The van der Waals surface area contributed by atoms with E-state index in [2.05, 4.69) is 92.1 Å². The van der Waals surface area contributed by atoms with Crippen molar-refractivity contribution in [3.05, 3.63) is 72.9 Å². The smallest absolute Gasteiger partial charge is 0.390 e. The number of quaternary nitrogens is 1. The van der Waals surface area contributed by atoms with Crippen LogP contribution in [0.4, 0.5) is 0 Å². The molecular weight excluding hydrogens is 856 g/mol. The number of unbranched alkanes of at least 4 members (excludes halogenated alkanes) is 23. The van der Waals surface area contributed by atoms with Crippen molar-refractivity contribution in [1.82, 2.24) is 5.32 Å². The zero-order valence-electron chi connectivity index (χ0n) is 44.0. The quantitative estimate of drug-likeness (QED) is 0.0207. The van der Waals surface area contributed by atoms with E-state index in [9.17, 15) is 24.5 Å². The average molecular weight is 962 g/mol. The van der Waals surface area contributed by atoms with Gasteiger partial charge in [0.2, 0.25) is 5.91 Å². The van der Waals surface area contributed by atoms with Crippen LogP contribution in [0.5, 0.6) is 0 Å². The van der Waals surface area contributed by atoms with Gasteiger partial charge in [-0.1, -0.05) is 228 Å². The summed E-state index contributed by atoms with van der Waals surface area (Å²) in [7, 11) is 1.43. The third-order valence-electron chi connectivity index (χ3n) is 12.1. The van der Waals surface area contributed by atoms with Gasteiger partial charge in [-0.15, -0.1) is 0 Å². The number of hydrogen-bond acceptors (Lipinski definition) is 6. The van der Waals surface area contributed by atoms with E-state index < -0.39 is 32.7 Å². The predicted molar refractivity (Wildman–Crippen MR) is 287 cm³/mol. The summed E-state index contributed by atoms with van der Waals surface area (Å²) in [5.74, 6) is -0.263. The molecule has 9 nitrogen and oxygen atoms in total. The third-order valence-corrected chi connectivity index (χ3v) is 13.0. The molecule has 4 unspecified atom stereocenters. The number of nitrogens with zero attached hydrogens (tertiary/aromatic N) is 1. The molecule has 0 aromatic heterocycles. The minimum atomic E-state index is -4.42. The van der Waals surface area contributed by atoms with Gasteiger partial charge >= 0.3 is 7.82 Å². The molecule has 0 spiro atoms. The summed E-state index contributed by atoms with van der Waals surface area (Å²) in [5.41, 5.74) is 0. The number of likely N-dealkylation sites (N-methyl/N-ethyl adjacent to an activating group) is 1. The van der Waals surface area contributed by atoms with Crippen molar-refractivity contribution >= 4 is 13.7 Å². The molecule has 0 fully saturated rings. The highest BCUT2D eigenvalue weighted by molar-refractivity contribution is 7.47. The molecule has 0 bridgehead atoms. The second-order valence-corrected chi connectivity index (χ2v) is 21.2. The van der Waals surface area contributed by atoms with Crippen molar-refractivity contribution in [2.45, 2.75) is 244 Å². The van der Waals surface area contributed by atoms with E-state index >= 15 is 0 Å². The summed E-state index contributed by atoms with van der Waals surface area (Å²) in [4.78, 5) is 23.3. The summed E-state index contributed by atoms with van der Waals surface area (Å²) in [5, 5.41) is 24.8. The zero-order chi connectivity index (χ0) is 49.4. The second kappa shape index (κ2) is 47.6. The molecule has 0 rings (SSSR count). The van der Waals surface area contributed by atoms with E-state index in [1.165, 1.54) is 116 Å². The van der Waals surface area contributed by atoms with E-state index in [0.717, 1.165) is 83.5 Å². The number of phosphoric ester groups is 1. The molecule has 0 aliphatic rings. The van der Waals surface area contributed by atoms with Crippen molar-refractivity contribution in [3.63, 3.8) is 0 Å². The maximum absolute atomic E-state index is 13.0. The van der Waals surface area contributed by atoms with Crippen molar-refractivity contribution in [2.75, 3.05) is 40.9 Å². The topological polar surface area (TPSA) is 125 Å². The zero-order valence-corrected chi connectivity index (χ0v) is 44.9. The molecule has 0 saturated heterocycles. The van der Waals surface area contributed by atoms with Crippen LogP contribution in [-0.2, 0) is 18.4 Å². The Labute approximate surface area is 413 Å². The minimum absolute atomic E-state index is 0.0191. The van der Waals surface area contributed by atoms with Gasteiger partial charge in [0.05, 0.1) is 39.9 Å². The van der Waals surface area contributed by atoms with Gasteiger partial charge in [0.25, 0.3) is 0 Å². The minimum Gasteiger partial charge on any atom is -0.390 e. The second-order valence-electron chi connectivity index (χ2n) is 19.7. The molecule has 0 saturated carbocycles. The van der Waals surface area contributed by atoms with Crippen molar-refractivity contribution in [2.24, 2.45) is 0 Å². The monoisotopic (exact) mass is 962 g/mol. The number of carbonyl (C=O) groups excluding carboxylic acids is 1. The average Bonchev–Trinajstić information content (AvgIpc) is 3.29. The Morgan fingerprint density at radius 1 is 0.537 bits per heavy atom. The molecule has 0 aliphatic heterocycles. The van der Waals surface area contributed by atoms with E-state index in [1.54, 1.807) is 0 Å². The summed E-state index contributed by atoms with van der Waals surface area (Å²) in [6.45, 7) is 4.49. The van der Waals surface area contributed by atoms with Gasteiger partial charge in [0, 0.05) is 6.42 Å². The van der Waals surface area contributed by atoms with Crippen LogP contribution < -0.4 is 5.32 Å². The summed E-state index contributed by atoms with van der Waals surface area (Å²) in [6, 6.07) is -1.04. The summed E-state index contributed by atoms with van der Waals surface area (Å²) >= 11 is 0. The van der Waals surface area contributed by atoms with Crippen molar-refractivity contribution < 1.29 is 38.0 Å². The van der Waals surface area contributed by atoms with Crippen LogP contribution >= 0.6 is 7.82 Å². The van der Waals surface area contributed by atoms with Crippen LogP contribution in [0.25, 0.3) is 0 Å². The summed E-state index contributed by atoms with van der Waals surface area (Å²) < 4.78 is 23.6. The van der Waals surface area contributed by atoms with Crippen LogP contribution in [0.1, 0.15) is 226 Å². The largest absolute Gasteiger partial charge is 0.472 e. The third kappa shape index (κ3) is 48.7. The molecule has 10 heteroatoms. The van der Waals surface area contributed by atoms with E-state index in [4.69, 9.17) is 9.05 Å². The first kappa shape index (κ1) is 64.9. The molecular formula is C57H106N2O7P+. The fraction of sp³-hybridized carbons (Fsp3) is 0.772. The van der Waals surface area contributed by atoms with E-state index in [0.29, 0.717) is 17.4 Å². The molecule has 0 aliphatic carbocycles. The lowest BCUT2D eigenvalue weighted by Gasteiger charge is -2.28. The van der Waals surface area contributed by atoms with Gasteiger partial charge in [-0.25, -0.2) is 4.57 Å². The van der Waals surface area contributed by atoms with Gasteiger partial charge < -0.3 is 24.9 Å². The van der Waals surface area contributed by atoms with Crippen molar-refractivity contribution in [3.8, 4) is 0 Å². The van der Waals surface area contributed by atoms with E-state index in [1.807, 2.05) is 21.1 Å². The Balaban J connectivity index is 4.20. The number of nitrogens with one attached hydrogen (secondary N) is 1. The standard InChI is InChI=1S/C57H105N2O7P/c1-6-8-10-12-14-16-18-20-21-22-23-24-25-26-27-28-29-30-31-32-33-34-35-36-37-38-40-42-44-46-48-50-56(61)58-54(53-66-67(63,64)65-52-51-59(3,4)5)57(62)55(60)49-47-45-43-41-39-19-17-15-13-11-9-7-2/h8,10,14,16,20-21,23-24,26-27,29-30,54-55,57,60,62H,6-7,9,11-13,15,17-19,22,25,28,31-53H2,1-5H3,(H-,58,61,63,64)/p+1/b10-8-,16-14-,21-20-,24-23-,27-26-,30-29-. The number of amides is 1. The van der Waals surface area contributed by atoms with Crippen molar-refractivity contribution in [1.29, 1.82) is 0 Å². The lowest BCUT2D eigenvalue weighted by Crippen LogP contribution is -2.51. The maximum Gasteiger partial charge on any atom is 0.472 e. The first-order valence-electron chi connectivity index (χ1n) is 27.4. The Kier molecular flexibility index (Phi) is 46.1. The SMILES string of the molecule is CC/C=C\C/C=C\C/C=C\C/C=C\C/C=C\C/C=C\CCCCCCCCCCCCCCC(=O)NC(COP(=O)(O)OCC[N+](C)(C)C)C(O)C(O)CCCCCCCCCCCCCC. The van der Waals surface area contributed by atoms with Gasteiger partial charge in [0.15, 0.2) is 0 Å².